The highest BCUT2D eigenvalue weighted by Crippen LogP contribution is 2.08. The van der Waals surface area contributed by atoms with E-state index in [4.69, 9.17) is 0 Å². The Balaban J connectivity index is 0.00000242. The molecule has 0 aliphatic carbocycles. The van der Waals surface area contributed by atoms with Crippen molar-refractivity contribution in [3.8, 4) is 0 Å². The SMILES string of the molecule is CC/C(N=Nc1cc[n+](C)cc1)=N\N=c1n(C)ccn1C.[Cl-]. The lowest BCUT2D eigenvalue weighted by Crippen LogP contribution is -3.00. The van der Waals surface area contributed by atoms with E-state index in [0.717, 1.165) is 11.3 Å². The maximum atomic E-state index is 4.22. The van der Waals surface area contributed by atoms with E-state index in [0.29, 0.717) is 12.3 Å². The van der Waals surface area contributed by atoms with Crippen LogP contribution in [0.1, 0.15) is 13.3 Å². The molecule has 22 heavy (non-hydrogen) atoms. The Morgan fingerprint density at radius 2 is 1.73 bits per heavy atom. The number of azo groups is 1. The molecule has 0 N–H and O–H groups in total. The zero-order chi connectivity index (χ0) is 15.2. The van der Waals surface area contributed by atoms with Crippen molar-refractivity contribution in [3.63, 3.8) is 0 Å². The summed E-state index contributed by atoms with van der Waals surface area (Å²) in [5, 5.41) is 16.7. The standard InChI is InChI=1S/C14H20N7.ClH/c1-5-13(16-15-12-6-8-19(2)9-7-12)17-18-14-20(3)10-11-21(14)4;/h6-11H,5H2,1-4H3;1H/q+1;/p-1. The molecule has 8 heteroatoms. The van der Waals surface area contributed by atoms with Gasteiger partial charge in [0.25, 0.3) is 0 Å². The molecule has 0 amide bonds. The van der Waals surface area contributed by atoms with Crippen molar-refractivity contribution in [1.29, 1.82) is 0 Å². The van der Waals surface area contributed by atoms with E-state index < -0.39 is 0 Å². The van der Waals surface area contributed by atoms with Gasteiger partial charge in [0.05, 0.1) is 5.69 Å². The number of halogens is 1. The Labute approximate surface area is 135 Å². The predicted octanol–water partition coefficient (Wildman–Crippen LogP) is -1.40. The zero-order valence-electron chi connectivity index (χ0n) is 13.2. The summed E-state index contributed by atoms with van der Waals surface area (Å²) in [7, 11) is 5.80. The zero-order valence-corrected chi connectivity index (χ0v) is 13.9. The first kappa shape index (κ1) is 17.8. The van der Waals surface area contributed by atoms with Crippen LogP contribution < -0.4 is 22.6 Å². The molecule has 118 valence electrons. The lowest BCUT2D eigenvalue weighted by atomic mass is 10.4. The van der Waals surface area contributed by atoms with Crippen molar-refractivity contribution in [2.24, 2.45) is 41.6 Å². The highest BCUT2D eigenvalue weighted by Gasteiger charge is 1.97. The van der Waals surface area contributed by atoms with Crippen molar-refractivity contribution in [2.45, 2.75) is 13.3 Å². The average Bonchev–Trinajstić information content (AvgIpc) is 2.80. The Bertz CT molecular complexity index is 700. The van der Waals surface area contributed by atoms with E-state index in [2.05, 4.69) is 20.4 Å². The second kappa shape index (κ2) is 8.23. The second-order valence-electron chi connectivity index (χ2n) is 4.71. The molecule has 0 saturated carbocycles. The Morgan fingerprint density at radius 3 is 2.27 bits per heavy atom. The van der Waals surface area contributed by atoms with Crippen LogP contribution in [0.25, 0.3) is 0 Å². The van der Waals surface area contributed by atoms with Crippen LogP contribution in [0.4, 0.5) is 5.69 Å². The summed E-state index contributed by atoms with van der Waals surface area (Å²) in [6.07, 6.45) is 8.36. The largest absolute Gasteiger partial charge is 1.00 e. The van der Waals surface area contributed by atoms with Gasteiger partial charge in [-0.2, -0.15) is 0 Å². The summed E-state index contributed by atoms with van der Waals surface area (Å²) in [6.45, 7) is 1.98. The van der Waals surface area contributed by atoms with E-state index in [1.807, 2.05) is 78.7 Å². The van der Waals surface area contributed by atoms with Gasteiger partial charge in [-0.15, -0.1) is 20.4 Å². The van der Waals surface area contributed by atoms with Gasteiger partial charge in [0.2, 0.25) is 5.62 Å². The van der Waals surface area contributed by atoms with Gasteiger partial charge in [0, 0.05) is 45.0 Å². The fourth-order valence-electron chi connectivity index (χ4n) is 1.66. The maximum Gasteiger partial charge on any atom is 0.229 e. The van der Waals surface area contributed by atoms with Crippen molar-refractivity contribution in [1.82, 2.24) is 9.13 Å². The molecule has 0 aliphatic rings. The van der Waals surface area contributed by atoms with Crippen LogP contribution in [0.2, 0.25) is 0 Å². The van der Waals surface area contributed by atoms with Crippen molar-refractivity contribution >= 4 is 11.5 Å². The third kappa shape index (κ3) is 4.63. The van der Waals surface area contributed by atoms with Crippen LogP contribution in [0.3, 0.4) is 0 Å². The van der Waals surface area contributed by atoms with Gasteiger partial charge in [-0.3, -0.25) is 0 Å². The molecular weight excluding hydrogens is 302 g/mol. The normalized spacial score (nSPS) is 11.5. The smallest absolute Gasteiger partial charge is 0.229 e. The van der Waals surface area contributed by atoms with Crippen molar-refractivity contribution in [2.75, 3.05) is 0 Å². The molecule has 0 atom stereocenters. The van der Waals surface area contributed by atoms with Gasteiger partial charge in [0.15, 0.2) is 18.2 Å². The van der Waals surface area contributed by atoms with Gasteiger partial charge in [-0.25, -0.2) is 4.57 Å². The minimum atomic E-state index is 0. The molecule has 2 heterocycles. The van der Waals surface area contributed by atoms with Crippen molar-refractivity contribution < 1.29 is 17.0 Å². The minimum Gasteiger partial charge on any atom is -1.00 e. The molecule has 0 aliphatic heterocycles. The van der Waals surface area contributed by atoms with Gasteiger partial charge in [-0.05, 0) is 0 Å². The van der Waals surface area contributed by atoms with Gasteiger partial charge in [-0.1, -0.05) is 6.92 Å². The van der Waals surface area contributed by atoms with Crippen LogP contribution in [0.5, 0.6) is 0 Å². The lowest BCUT2D eigenvalue weighted by molar-refractivity contribution is -0.671. The number of imidazole rings is 1. The molecule has 2 aromatic rings. The number of hydrogen-bond acceptors (Lipinski definition) is 3. The summed E-state index contributed by atoms with van der Waals surface area (Å²) >= 11 is 0. The molecule has 0 radical (unpaired) electrons. The molecule has 0 bridgehead atoms. The first-order valence-electron chi connectivity index (χ1n) is 6.75. The highest BCUT2D eigenvalue weighted by atomic mass is 35.5. The number of nitrogens with zero attached hydrogens (tertiary/aromatic N) is 7. The lowest BCUT2D eigenvalue weighted by Gasteiger charge is -1.94. The van der Waals surface area contributed by atoms with Crippen LogP contribution in [0, 0.1) is 0 Å². The molecule has 0 unspecified atom stereocenters. The number of aryl methyl sites for hydroxylation is 3. The van der Waals surface area contributed by atoms with Crippen LogP contribution in [-0.4, -0.2) is 15.0 Å². The van der Waals surface area contributed by atoms with E-state index in [1.165, 1.54) is 0 Å². The first-order valence-corrected chi connectivity index (χ1v) is 6.75. The summed E-state index contributed by atoms with van der Waals surface area (Å²) in [5.74, 6) is 0.587. The van der Waals surface area contributed by atoms with E-state index in [9.17, 15) is 0 Å². The van der Waals surface area contributed by atoms with Crippen LogP contribution >= 0.6 is 0 Å². The number of pyridine rings is 1. The summed E-state index contributed by atoms with van der Waals surface area (Å²) in [4.78, 5) is 0. The molecule has 2 rings (SSSR count). The highest BCUT2D eigenvalue weighted by molar-refractivity contribution is 5.82. The van der Waals surface area contributed by atoms with Gasteiger partial charge >= 0.3 is 0 Å². The Morgan fingerprint density at radius 1 is 1.14 bits per heavy atom. The van der Waals surface area contributed by atoms with Gasteiger partial charge in [0.1, 0.15) is 7.05 Å². The molecule has 7 nitrogen and oxygen atoms in total. The van der Waals surface area contributed by atoms with Crippen molar-refractivity contribution in [3.05, 3.63) is 42.5 Å². The molecule has 0 aromatic carbocycles. The van der Waals surface area contributed by atoms with E-state index in [-0.39, 0.29) is 12.4 Å². The second-order valence-corrected chi connectivity index (χ2v) is 4.71. The maximum absolute atomic E-state index is 4.22. The molecule has 0 fully saturated rings. The van der Waals surface area contributed by atoms with E-state index in [1.54, 1.807) is 0 Å². The first-order chi connectivity index (χ1) is 10.1. The topological polar surface area (TPSA) is 63.2 Å². The molecular formula is C14H20ClN7. The monoisotopic (exact) mass is 321 g/mol. The Kier molecular flexibility index (Phi) is 6.65. The number of aromatic nitrogens is 3. The predicted molar refractivity (Wildman–Crippen MR) is 79.8 cm³/mol. The van der Waals surface area contributed by atoms with E-state index >= 15 is 0 Å². The van der Waals surface area contributed by atoms with Crippen LogP contribution in [-0.2, 0) is 21.1 Å². The quantitative estimate of drug-likeness (QED) is 0.219. The minimum absolute atomic E-state index is 0. The number of amidine groups is 1. The Hall–Kier alpha value is -2.28. The molecule has 0 spiro atoms. The molecule has 2 aromatic heterocycles. The van der Waals surface area contributed by atoms with Crippen LogP contribution in [0.15, 0.2) is 57.4 Å². The average molecular weight is 322 g/mol. The molecule has 0 saturated heterocycles. The summed E-state index contributed by atoms with van der Waals surface area (Å²) < 4.78 is 5.73. The fourth-order valence-corrected chi connectivity index (χ4v) is 1.66. The fraction of sp³-hybridized carbons (Fsp3) is 0.357. The summed E-state index contributed by atoms with van der Waals surface area (Å²) in [5.41, 5.74) is 1.54. The third-order valence-electron chi connectivity index (χ3n) is 2.96. The number of hydrogen-bond donors (Lipinski definition) is 0. The number of rotatable bonds is 3. The third-order valence-corrected chi connectivity index (χ3v) is 2.96. The summed E-state index contributed by atoms with van der Waals surface area (Å²) in [6, 6.07) is 3.79. The van der Waals surface area contributed by atoms with Gasteiger partial charge < -0.3 is 21.5 Å².